The summed E-state index contributed by atoms with van der Waals surface area (Å²) in [6.45, 7) is 9.05. The Kier molecular flexibility index (Phi) is 50.5. The maximum Gasteiger partial charge on any atom is 2.00 e. The van der Waals surface area contributed by atoms with Crippen molar-refractivity contribution in [2.45, 2.75) is 259 Å². The molecule has 0 N–H and O–H groups in total. The van der Waals surface area contributed by atoms with Crippen LogP contribution in [0.4, 0.5) is 0 Å². The zero-order chi connectivity index (χ0) is 40.4. The van der Waals surface area contributed by atoms with Crippen LogP contribution in [-0.2, 0) is 29.2 Å². The largest absolute Gasteiger partial charge is 2.00 e. The van der Waals surface area contributed by atoms with Crippen molar-refractivity contribution in [2.24, 2.45) is 11.8 Å². The molecule has 0 fully saturated rings. The molecule has 0 saturated heterocycles. The van der Waals surface area contributed by atoms with Crippen molar-refractivity contribution in [3.05, 3.63) is 0 Å². The first kappa shape index (κ1) is 60.3. The van der Waals surface area contributed by atoms with Crippen LogP contribution in [0.15, 0.2) is 0 Å². The van der Waals surface area contributed by atoms with Gasteiger partial charge in [-0.05, 0) is 37.5 Å². The van der Waals surface area contributed by atoms with Gasteiger partial charge in [-0.1, -0.05) is 233 Å². The molecule has 328 valence electrons. The first-order chi connectivity index (χ1) is 26.0. The third-order valence-electron chi connectivity index (χ3n) is 10.8. The quantitative estimate of drug-likeness (QED) is 0.0257. The van der Waals surface area contributed by atoms with Crippen LogP contribution in [-0.4, -0.2) is 76.9 Å². The van der Waals surface area contributed by atoms with Crippen molar-refractivity contribution >= 4 is 58.5 Å². The fourth-order valence-corrected chi connectivity index (χ4v) is 7.97. The van der Waals surface area contributed by atoms with Gasteiger partial charge >= 0.3 is 37.7 Å². The summed E-state index contributed by atoms with van der Waals surface area (Å²) < 4.78 is 73.6. The standard InChI is InChI=1S/2C22H46O4S.Ca/c2*1-3-5-7-9-11-12-13-14-16-18-20-22(21-26-27(23,24)25)19-17-15-10-8-6-4-2;/h2*22H,3-21H2,1-2H3,(H,23,24,25);/q;;+2/p-2. The molecule has 0 rings (SSSR count). The number of hydrogen-bond donors (Lipinski definition) is 0. The molecule has 0 spiro atoms. The van der Waals surface area contributed by atoms with E-state index in [1.165, 1.54) is 180 Å². The molecule has 0 aromatic heterocycles. The molecule has 0 amide bonds. The van der Waals surface area contributed by atoms with Crippen LogP contribution >= 0.6 is 0 Å². The van der Waals surface area contributed by atoms with Crippen molar-refractivity contribution in [1.29, 1.82) is 0 Å². The van der Waals surface area contributed by atoms with Gasteiger partial charge in [-0.25, -0.2) is 16.8 Å². The summed E-state index contributed by atoms with van der Waals surface area (Å²) in [5.41, 5.74) is 0. The number of hydrogen-bond acceptors (Lipinski definition) is 8. The molecule has 0 heterocycles. The second-order valence-corrected chi connectivity index (χ2v) is 18.3. The van der Waals surface area contributed by atoms with Crippen molar-refractivity contribution in [3.63, 3.8) is 0 Å². The Morgan fingerprint density at radius 2 is 0.491 bits per heavy atom. The van der Waals surface area contributed by atoms with Crippen LogP contribution in [0.5, 0.6) is 0 Å². The average molecular weight is 851 g/mol. The van der Waals surface area contributed by atoms with Crippen LogP contribution < -0.4 is 0 Å². The van der Waals surface area contributed by atoms with Gasteiger partial charge in [0.15, 0.2) is 0 Å². The molecule has 11 heteroatoms. The second kappa shape index (κ2) is 46.1. The third kappa shape index (κ3) is 55.0. The molecule has 2 atom stereocenters. The summed E-state index contributed by atoms with van der Waals surface area (Å²) in [6, 6.07) is 0. The van der Waals surface area contributed by atoms with Gasteiger partial charge in [0.2, 0.25) is 20.8 Å². The van der Waals surface area contributed by atoms with Gasteiger partial charge in [0.05, 0.1) is 13.2 Å². The Bertz CT molecular complexity index is 873. The van der Waals surface area contributed by atoms with Crippen molar-refractivity contribution < 1.29 is 34.3 Å². The summed E-state index contributed by atoms with van der Waals surface area (Å²) >= 11 is 0. The second-order valence-electron chi connectivity index (χ2n) is 16.2. The molecule has 0 radical (unpaired) electrons. The van der Waals surface area contributed by atoms with Crippen molar-refractivity contribution in [3.8, 4) is 0 Å². The van der Waals surface area contributed by atoms with E-state index in [1.54, 1.807) is 0 Å². The molecule has 8 nitrogen and oxygen atoms in total. The maximum atomic E-state index is 10.7. The van der Waals surface area contributed by atoms with Crippen LogP contribution in [0, 0.1) is 11.8 Å². The Balaban J connectivity index is -0.000000966. The van der Waals surface area contributed by atoms with Crippen LogP contribution in [0.25, 0.3) is 0 Å². The molecular formula is C44H90CaO8S2. The topological polar surface area (TPSA) is 133 Å². The van der Waals surface area contributed by atoms with E-state index in [9.17, 15) is 25.9 Å². The zero-order valence-corrected chi connectivity index (χ0v) is 40.7. The Hall–Kier alpha value is 1.000. The van der Waals surface area contributed by atoms with Crippen LogP contribution in [0.2, 0.25) is 0 Å². The maximum absolute atomic E-state index is 10.7. The minimum atomic E-state index is -4.56. The van der Waals surface area contributed by atoms with Crippen LogP contribution in [0.1, 0.15) is 259 Å². The third-order valence-corrected chi connectivity index (χ3v) is 11.6. The fraction of sp³-hybridized carbons (Fsp3) is 1.00. The minimum absolute atomic E-state index is 0. The van der Waals surface area contributed by atoms with E-state index in [0.717, 1.165) is 51.4 Å². The van der Waals surface area contributed by atoms with Gasteiger partial charge in [0, 0.05) is 0 Å². The molecule has 0 aromatic rings. The monoisotopic (exact) mass is 851 g/mol. The van der Waals surface area contributed by atoms with Gasteiger partial charge in [0.25, 0.3) is 0 Å². The predicted molar refractivity (Wildman–Crippen MR) is 233 cm³/mol. The number of rotatable bonds is 42. The zero-order valence-electron chi connectivity index (χ0n) is 36.8. The summed E-state index contributed by atoms with van der Waals surface area (Å²) in [5, 5.41) is 0. The Labute approximate surface area is 373 Å². The van der Waals surface area contributed by atoms with E-state index in [2.05, 4.69) is 36.1 Å². The SMILES string of the molecule is CCCCCCCCCCCCC(CCCCCCCC)COS(=O)(=O)[O-].CCCCCCCCCCCCC(CCCCCCCC)COS(=O)(=O)[O-].[Ca+2]. The van der Waals surface area contributed by atoms with E-state index in [4.69, 9.17) is 0 Å². The van der Waals surface area contributed by atoms with Crippen molar-refractivity contribution in [1.82, 2.24) is 0 Å². The Morgan fingerprint density at radius 1 is 0.327 bits per heavy atom. The molecule has 55 heavy (non-hydrogen) atoms. The van der Waals surface area contributed by atoms with E-state index in [1.807, 2.05) is 0 Å². The fourth-order valence-electron chi connectivity index (χ4n) is 7.25. The molecule has 0 aliphatic carbocycles. The molecule has 0 aliphatic heterocycles. The Morgan fingerprint density at radius 3 is 0.655 bits per heavy atom. The molecular weight excluding hydrogens is 761 g/mol. The summed E-state index contributed by atoms with van der Waals surface area (Å²) in [4.78, 5) is 0. The smallest absolute Gasteiger partial charge is 0.726 e. The predicted octanol–water partition coefficient (Wildman–Crippen LogP) is 13.9. The average Bonchev–Trinajstić information content (AvgIpc) is 3.12. The summed E-state index contributed by atoms with van der Waals surface area (Å²) in [6.07, 6.45) is 44.6. The minimum Gasteiger partial charge on any atom is -0.726 e. The summed E-state index contributed by atoms with van der Waals surface area (Å²) in [5.74, 6) is 0.405. The van der Waals surface area contributed by atoms with E-state index in [-0.39, 0.29) is 62.8 Å². The number of unbranched alkanes of at least 4 members (excludes halogenated alkanes) is 28. The molecule has 0 aliphatic rings. The molecule has 2 unspecified atom stereocenters. The normalized spacial score (nSPS) is 12.9. The molecule has 0 bridgehead atoms. The van der Waals surface area contributed by atoms with Crippen LogP contribution in [0.3, 0.4) is 0 Å². The van der Waals surface area contributed by atoms with Gasteiger partial charge < -0.3 is 9.11 Å². The van der Waals surface area contributed by atoms with Crippen molar-refractivity contribution in [2.75, 3.05) is 13.2 Å². The van der Waals surface area contributed by atoms with Gasteiger partial charge in [-0.2, -0.15) is 0 Å². The first-order valence-electron chi connectivity index (χ1n) is 23.2. The van der Waals surface area contributed by atoms with Gasteiger partial charge in [-0.3, -0.25) is 8.37 Å². The molecule has 0 saturated carbocycles. The van der Waals surface area contributed by atoms with E-state index in [0.29, 0.717) is 0 Å². The summed E-state index contributed by atoms with van der Waals surface area (Å²) in [7, 11) is -9.13. The molecule has 0 aromatic carbocycles. The van der Waals surface area contributed by atoms with Gasteiger partial charge in [0.1, 0.15) is 0 Å². The van der Waals surface area contributed by atoms with E-state index < -0.39 is 20.8 Å². The van der Waals surface area contributed by atoms with Gasteiger partial charge in [-0.15, -0.1) is 0 Å². The van der Waals surface area contributed by atoms with E-state index >= 15 is 0 Å². The first-order valence-corrected chi connectivity index (χ1v) is 25.9.